The molecule has 359 valence electrons. The fourth-order valence-corrected chi connectivity index (χ4v) is 2.77. The molecule has 0 aliphatic carbocycles. The predicted octanol–water partition coefficient (Wildman–Crippen LogP) is -4.65. The zero-order valence-electron chi connectivity index (χ0n) is 37.1. The second-order valence-corrected chi connectivity index (χ2v) is 9.75. The van der Waals surface area contributed by atoms with E-state index in [1.807, 2.05) is 20.6 Å². The molecular formula is C30H75BClFN16NaO11. The summed E-state index contributed by atoms with van der Waals surface area (Å²) in [7, 11) is 14.0. The van der Waals surface area contributed by atoms with Crippen LogP contribution in [-0.4, -0.2) is 164 Å². The summed E-state index contributed by atoms with van der Waals surface area (Å²) in [5, 5.41) is 17.1. The van der Waals surface area contributed by atoms with Crippen LogP contribution < -0.4 is 74.8 Å². The molecule has 2 rings (SSSR count). The van der Waals surface area contributed by atoms with Crippen molar-refractivity contribution in [2.24, 2.45) is 39.0 Å². The van der Waals surface area contributed by atoms with Gasteiger partial charge in [-0.15, -0.1) is 20.4 Å². The van der Waals surface area contributed by atoms with Gasteiger partial charge in [-0.3, -0.25) is 14.3 Å². The second kappa shape index (κ2) is 56.0. The van der Waals surface area contributed by atoms with Crippen molar-refractivity contribution in [3.05, 3.63) is 11.6 Å². The molecule has 2 heterocycles. The van der Waals surface area contributed by atoms with E-state index in [-0.39, 0.29) is 102 Å². The number of halogens is 2. The monoisotopic (exact) mass is 926 g/mol. The van der Waals surface area contributed by atoms with E-state index in [1.165, 1.54) is 35.4 Å². The molecule has 0 fully saturated rings. The van der Waals surface area contributed by atoms with Crippen LogP contribution in [0.25, 0.3) is 0 Å². The molecule has 2 aromatic rings. The van der Waals surface area contributed by atoms with E-state index >= 15 is 0 Å². The first-order valence-corrected chi connectivity index (χ1v) is 15.8. The molecule has 2 aromatic heterocycles. The molecule has 27 nitrogen and oxygen atoms in total. The van der Waals surface area contributed by atoms with Crippen molar-refractivity contribution in [3.63, 3.8) is 0 Å². The zero-order chi connectivity index (χ0) is 44.6. The normalized spacial score (nSPS) is 8.74. The minimum atomic E-state index is -0.694. The maximum atomic E-state index is 9.72. The number of ether oxygens (including phenoxy) is 8. The van der Waals surface area contributed by atoms with Crippen LogP contribution in [0.1, 0.15) is 36.3 Å². The number of guanidine groups is 2. The molecule has 0 amide bonds. The van der Waals surface area contributed by atoms with Gasteiger partial charge in [0.15, 0.2) is 25.2 Å². The van der Waals surface area contributed by atoms with Crippen molar-refractivity contribution in [2.75, 3.05) is 81.5 Å². The number of nitrogen functional groups attached to an aromatic ring is 1. The van der Waals surface area contributed by atoms with Crippen LogP contribution in [-0.2, 0) is 65.4 Å². The summed E-state index contributed by atoms with van der Waals surface area (Å²) < 4.78 is 42.2. The minimum Gasteiger partial charge on any atom is -1.00 e. The molecule has 0 aliphatic heterocycles. The van der Waals surface area contributed by atoms with Gasteiger partial charge >= 0.3 is 29.6 Å². The summed E-state index contributed by atoms with van der Waals surface area (Å²) >= 11 is 4.64. The van der Waals surface area contributed by atoms with Gasteiger partial charge in [0.2, 0.25) is 35.3 Å². The van der Waals surface area contributed by atoms with Gasteiger partial charge in [0, 0.05) is 80.7 Å². The van der Waals surface area contributed by atoms with Crippen molar-refractivity contribution < 1.29 is 89.4 Å². The Morgan fingerprint density at radius 1 is 0.820 bits per heavy atom. The van der Waals surface area contributed by atoms with Crippen LogP contribution in [0.4, 0.5) is 16.6 Å². The predicted molar refractivity (Wildman–Crippen MR) is 233 cm³/mol. The van der Waals surface area contributed by atoms with Gasteiger partial charge in [0.25, 0.3) is 0 Å². The van der Waals surface area contributed by atoms with E-state index in [2.05, 4.69) is 68.0 Å². The Labute approximate surface area is 391 Å². The molecule has 0 unspecified atom stereocenters. The summed E-state index contributed by atoms with van der Waals surface area (Å²) in [5.74, 6) is 6.85. The van der Waals surface area contributed by atoms with Gasteiger partial charge in [-0.05, 0) is 25.4 Å². The van der Waals surface area contributed by atoms with E-state index < -0.39 is 6.29 Å². The number of carbonyl (C=O) groups is 3. The van der Waals surface area contributed by atoms with E-state index in [0.29, 0.717) is 31.9 Å². The molecule has 0 atom stereocenters. The minimum absolute atomic E-state index is 0. The van der Waals surface area contributed by atoms with Crippen molar-refractivity contribution in [3.8, 4) is 0 Å². The topological polar surface area (TPSA) is 391 Å². The average Bonchev–Trinajstić information content (AvgIpc) is 3.71. The van der Waals surface area contributed by atoms with Gasteiger partial charge in [0.1, 0.15) is 18.4 Å². The van der Waals surface area contributed by atoms with Crippen LogP contribution in [0.3, 0.4) is 0 Å². The maximum absolute atomic E-state index is 9.72. The zero-order valence-corrected chi connectivity index (χ0v) is 38.9. The number of hydrogen-bond acceptors (Lipinski definition) is 21. The number of hydrazone groups is 2. The van der Waals surface area contributed by atoms with Gasteiger partial charge in [-0.2, -0.15) is 9.97 Å². The van der Waals surface area contributed by atoms with E-state index in [0.717, 1.165) is 11.6 Å². The summed E-state index contributed by atoms with van der Waals surface area (Å²) in [4.78, 5) is 35.1. The molecule has 0 spiro atoms. The van der Waals surface area contributed by atoms with Crippen molar-refractivity contribution in [2.45, 2.75) is 73.9 Å². The van der Waals surface area contributed by atoms with Crippen molar-refractivity contribution in [1.29, 1.82) is 0 Å². The Morgan fingerprint density at radius 3 is 1.38 bits per heavy atom. The summed E-state index contributed by atoms with van der Waals surface area (Å²) in [6, 6.07) is 0. The fraction of sp³-hybridized carbons (Fsp3) is 0.700. The Morgan fingerprint density at radius 2 is 1.16 bits per heavy atom. The van der Waals surface area contributed by atoms with Crippen LogP contribution >= 0.6 is 11.6 Å². The Kier molecular flexibility index (Phi) is 74.3. The quantitative estimate of drug-likeness (QED) is 0.0108. The average molecular weight is 926 g/mol. The summed E-state index contributed by atoms with van der Waals surface area (Å²) in [5.41, 5.74) is 27.5. The fourth-order valence-electron chi connectivity index (χ4n) is 2.77. The molecular weight excluding hydrogens is 849 g/mol. The number of nitrogens with zero attached hydrogens (tertiary/aromatic N) is 8. The number of aldehydes is 1. The molecule has 0 aliphatic rings. The number of methoxy groups -OCH3 is 8. The molecule has 0 bridgehead atoms. The molecule has 0 saturated carbocycles. The number of aryl methyl sites for hydroxylation is 2. The first kappa shape index (κ1) is 80.9. The van der Waals surface area contributed by atoms with Gasteiger partial charge < -0.3 is 89.4 Å². The number of nitrogens with one attached hydrogen (secondary N) is 2. The summed E-state index contributed by atoms with van der Waals surface area (Å²) in [6.45, 7) is 8.44. The molecule has 14 N–H and O–H groups in total. The number of hydrogen-bond donors (Lipinski definition) is 8. The first-order valence-electron chi connectivity index (χ1n) is 15.4. The second-order valence-electron chi connectivity index (χ2n) is 9.22. The number of carbonyl (C=O) groups excluding carboxylic acids is 3. The number of anilines is 2. The number of nitrogens with two attached hydrogens (primary N) is 6. The third-order valence-corrected chi connectivity index (χ3v) is 5.37. The molecule has 31 heteroatoms. The Balaban J connectivity index is -0.0000000500. The van der Waals surface area contributed by atoms with Crippen molar-refractivity contribution in [1.82, 2.24) is 35.0 Å². The van der Waals surface area contributed by atoms with E-state index in [4.69, 9.17) is 61.9 Å². The molecule has 0 aromatic carbocycles. The van der Waals surface area contributed by atoms with Gasteiger partial charge in [-0.1, -0.05) is 14.9 Å². The van der Waals surface area contributed by atoms with Crippen LogP contribution in [0, 0.1) is 13.8 Å². The van der Waals surface area contributed by atoms with Crippen LogP contribution in [0.5, 0.6) is 0 Å². The first-order chi connectivity index (χ1) is 26.4. The third-order valence-electron chi connectivity index (χ3n) is 5.37. The van der Waals surface area contributed by atoms with Gasteiger partial charge in [-0.25, -0.2) is 9.36 Å². The Bertz CT molecular complexity index is 1300. The number of rotatable bonds is 17. The maximum Gasteiger partial charge on any atom is 1.00 e. The third kappa shape index (κ3) is 52.1. The molecule has 0 saturated heterocycles. The van der Waals surface area contributed by atoms with E-state index in [9.17, 15) is 9.59 Å². The van der Waals surface area contributed by atoms with Crippen LogP contribution in [0.15, 0.2) is 10.2 Å². The van der Waals surface area contributed by atoms with Crippen LogP contribution in [0.2, 0.25) is 0 Å². The number of aromatic nitrogens is 6. The van der Waals surface area contributed by atoms with E-state index in [1.54, 1.807) is 44.9 Å². The molecule has 61 heavy (non-hydrogen) atoms. The SMILES string of the molecule is C.C.C=O.CC(=O)Cl.CNc1nc(C)n(CC(OC)OC)n1.COC(C=O)OC.COC(CNN=C(N)N)OC.COC(Cn1nc(N)nc1C)OC.F.NN=C(N)N.[3HH].[B].[H-].[Na+]. The summed E-state index contributed by atoms with van der Waals surface area (Å²) in [6.07, 6.45) is -1.06. The Hall–Kier alpha value is -4.01. The standard InChI is InChI=1S/C8H16N4O2.C7H14N4O2.C5H14N4O2.C4H8O3.C2H3ClO.CH6N4.CH2O.2CH4.B.FH.Na.H2.H/c1-6-10-8(9-2)11-12(6)5-7(13-3)14-4;1-5-9-7(8)10-11(5)4-6(12-2)13-3;1-10-4(11-2)3-8-9-5(6)7;1-6-4(3-5)7-2;1-2(3)4;2-1(3)5-4;1-2;;;;;;;/h7H,5H2,1-4H3,(H,9,11);6H,4H2,1-3H3,(H2,8,10);4,8H,3H2,1-2H3,(H4,6,7,9);3-4H,1-2H3;1H3;4H2,(H4,2,3,5);1H2;2*1H4;;1H;;1H;/q;;;;;;;;;;;+1;;-1/i;;;;;;;;;;;;1+2;. The largest absolute Gasteiger partial charge is 1.00 e. The van der Waals surface area contributed by atoms with Crippen molar-refractivity contribution >= 4 is 62.1 Å². The molecule has 3 radical (unpaired) electrons. The van der Waals surface area contributed by atoms with Gasteiger partial charge in [0.05, 0.1) is 19.6 Å². The smallest absolute Gasteiger partial charge is 1.00 e.